The zero-order valence-corrected chi connectivity index (χ0v) is 16.6. The van der Waals surface area contributed by atoms with Crippen molar-refractivity contribution in [3.63, 3.8) is 0 Å². The van der Waals surface area contributed by atoms with Gasteiger partial charge in [-0.05, 0) is 19.1 Å². The number of thioether (sulfide) groups is 1. The summed E-state index contributed by atoms with van der Waals surface area (Å²) in [6.07, 6.45) is 3.64. The molecule has 146 valence electrons. The van der Waals surface area contributed by atoms with E-state index in [2.05, 4.69) is 22.1 Å². The monoisotopic (exact) mass is 398 g/mol. The fraction of sp³-hybridized carbons (Fsp3) is 0.263. The lowest BCUT2D eigenvalue weighted by molar-refractivity contribution is -0.115. The number of amides is 1. The predicted octanol–water partition coefficient (Wildman–Crippen LogP) is 2.38. The van der Waals surface area contributed by atoms with Gasteiger partial charge in [0, 0.05) is 25.8 Å². The fourth-order valence-corrected chi connectivity index (χ4v) is 3.63. The van der Waals surface area contributed by atoms with Gasteiger partial charge in [-0.25, -0.2) is 4.68 Å². The van der Waals surface area contributed by atoms with Crippen molar-refractivity contribution in [1.82, 2.24) is 24.1 Å². The molecule has 0 atom stereocenters. The molecule has 9 heteroatoms. The number of para-hydroxylation sites is 1. The van der Waals surface area contributed by atoms with Crippen molar-refractivity contribution in [3.8, 4) is 5.69 Å². The van der Waals surface area contributed by atoms with Crippen molar-refractivity contribution in [3.05, 3.63) is 65.4 Å². The summed E-state index contributed by atoms with van der Waals surface area (Å²) in [5.74, 6) is 0.314. The standard InChI is InChI=1S/C19H22N6O2S/c1-4-11-24-13-20-22-19(24)28-12-10-16(26)21-17-14(2)23(3)25(18(17)27)15-8-6-5-7-9-15/h4-9,13H,1,10-12H2,2-3H3,(H,21,26). The van der Waals surface area contributed by atoms with Gasteiger partial charge < -0.3 is 9.88 Å². The highest BCUT2D eigenvalue weighted by Crippen LogP contribution is 2.17. The average molecular weight is 398 g/mol. The highest BCUT2D eigenvalue weighted by Gasteiger charge is 2.18. The highest BCUT2D eigenvalue weighted by atomic mass is 32.2. The molecule has 0 bridgehead atoms. The van der Waals surface area contributed by atoms with Gasteiger partial charge in [0.2, 0.25) is 5.91 Å². The minimum atomic E-state index is -0.252. The molecule has 0 aliphatic carbocycles. The molecule has 0 spiro atoms. The van der Waals surface area contributed by atoms with Crippen LogP contribution < -0.4 is 10.9 Å². The predicted molar refractivity (Wildman–Crippen MR) is 110 cm³/mol. The van der Waals surface area contributed by atoms with Gasteiger partial charge in [0.15, 0.2) is 5.16 Å². The molecule has 2 aromatic heterocycles. The van der Waals surface area contributed by atoms with Crippen LogP contribution in [0.2, 0.25) is 0 Å². The quantitative estimate of drug-likeness (QED) is 0.465. The van der Waals surface area contributed by atoms with Gasteiger partial charge in [-0.2, -0.15) is 0 Å². The van der Waals surface area contributed by atoms with Crippen LogP contribution in [0.4, 0.5) is 5.69 Å². The van der Waals surface area contributed by atoms with Gasteiger partial charge >= 0.3 is 0 Å². The van der Waals surface area contributed by atoms with Crippen LogP contribution in [0.1, 0.15) is 12.1 Å². The molecule has 28 heavy (non-hydrogen) atoms. The third-order valence-corrected chi connectivity index (χ3v) is 5.27. The lowest BCUT2D eigenvalue weighted by Crippen LogP contribution is -2.23. The van der Waals surface area contributed by atoms with Crippen LogP contribution in [0.5, 0.6) is 0 Å². The summed E-state index contributed by atoms with van der Waals surface area (Å²) in [4.78, 5) is 25.2. The summed E-state index contributed by atoms with van der Waals surface area (Å²) < 4.78 is 5.13. The Morgan fingerprint density at radius 1 is 1.32 bits per heavy atom. The Balaban J connectivity index is 1.67. The van der Waals surface area contributed by atoms with E-state index >= 15 is 0 Å². The van der Waals surface area contributed by atoms with E-state index in [1.807, 2.05) is 41.8 Å². The van der Waals surface area contributed by atoms with Gasteiger partial charge in [0.25, 0.3) is 5.56 Å². The van der Waals surface area contributed by atoms with Crippen molar-refractivity contribution in [1.29, 1.82) is 0 Å². The molecule has 1 aromatic carbocycles. The van der Waals surface area contributed by atoms with Crippen LogP contribution in [-0.4, -0.2) is 35.8 Å². The Bertz CT molecular complexity index is 1030. The third-order valence-electron chi connectivity index (χ3n) is 4.28. The van der Waals surface area contributed by atoms with E-state index in [0.29, 0.717) is 23.7 Å². The van der Waals surface area contributed by atoms with Gasteiger partial charge in [0.1, 0.15) is 12.0 Å². The van der Waals surface area contributed by atoms with Crippen LogP contribution in [0.3, 0.4) is 0 Å². The first-order valence-electron chi connectivity index (χ1n) is 8.78. The van der Waals surface area contributed by atoms with Gasteiger partial charge in [-0.1, -0.05) is 36.0 Å². The molecule has 8 nitrogen and oxygen atoms in total. The zero-order chi connectivity index (χ0) is 20.1. The lowest BCUT2D eigenvalue weighted by Gasteiger charge is -2.07. The fourth-order valence-electron chi connectivity index (χ4n) is 2.77. The summed E-state index contributed by atoms with van der Waals surface area (Å²) in [7, 11) is 1.79. The molecule has 0 saturated carbocycles. The van der Waals surface area contributed by atoms with Crippen molar-refractivity contribution < 1.29 is 4.79 Å². The van der Waals surface area contributed by atoms with Crippen LogP contribution in [0.15, 0.2) is 59.3 Å². The Labute approximate surface area is 166 Å². The maximum Gasteiger partial charge on any atom is 0.295 e. The van der Waals surface area contributed by atoms with Crippen molar-refractivity contribution in [2.24, 2.45) is 7.05 Å². The summed E-state index contributed by atoms with van der Waals surface area (Å²) in [5, 5.41) is 11.4. The van der Waals surface area contributed by atoms with Crippen molar-refractivity contribution in [2.45, 2.75) is 25.0 Å². The molecule has 0 fully saturated rings. The van der Waals surface area contributed by atoms with E-state index in [-0.39, 0.29) is 17.9 Å². The van der Waals surface area contributed by atoms with E-state index in [1.54, 1.807) is 24.1 Å². The number of hydrogen-bond acceptors (Lipinski definition) is 5. The summed E-state index contributed by atoms with van der Waals surface area (Å²) >= 11 is 1.44. The molecule has 0 aliphatic rings. The third kappa shape index (κ3) is 4.09. The molecule has 0 unspecified atom stereocenters. The van der Waals surface area contributed by atoms with Crippen LogP contribution in [-0.2, 0) is 18.4 Å². The van der Waals surface area contributed by atoms with Crippen LogP contribution in [0.25, 0.3) is 5.69 Å². The average Bonchev–Trinajstić information content (AvgIpc) is 3.21. The molecule has 3 rings (SSSR count). The Kier molecular flexibility index (Phi) is 6.15. The molecule has 0 saturated heterocycles. The van der Waals surface area contributed by atoms with Crippen molar-refractivity contribution in [2.75, 3.05) is 11.1 Å². The number of anilines is 1. The zero-order valence-electron chi connectivity index (χ0n) is 15.8. The second kappa shape index (κ2) is 8.75. The molecule has 2 heterocycles. The first-order chi connectivity index (χ1) is 13.5. The summed E-state index contributed by atoms with van der Waals surface area (Å²) in [6.45, 7) is 6.12. The van der Waals surface area contributed by atoms with E-state index in [1.165, 1.54) is 16.4 Å². The first-order valence-corrected chi connectivity index (χ1v) is 9.77. The minimum Gasteiger partial charge on any atom is -0.320 e. The second-order valence-corrected chi connectivity index (χ2v) is 7.20. The number of benzene rings is 1. The van der Waals surface area contributed by atoms with Crippen LogP contribution >= 0.6 is 11.8 Å². The minimum absolute atomic E-state index is 0.215. The number of aromatic nitrogens is 5. The number of allylic oxidation sites excluding steroid dienone is 1. The van der Waals surface area contributed by atoms with Crippen molar-refractivity contribution >= 4 is 23.4 Å². The number of nitrogens with one attached hydrogen (secondary N) is 1. The first kappa shape index (κ1) is 19.7. The number of carbonyl (C=O) groups is 1. The molecule has 1 N–H and O–H groups in total. The Hall–Kier alpha value is -3.07. The number of rotatable bonds is 8. The van der Waals surface area contributed by atoms with Gasteiger partial charge in [-0.3, -0.25) is 14.3 Å². The maximum atomic E-state index is 12.8. The molecular weight excluding hydrogens is 376 g/mol. The summed E-state index contributed by atoms with van der Waals surface area (Å²) in [5.41, 5.74) is 1.49. The highest BCUT2D eigenvalue weighted by molar-refractivity contribution is 7.99. The normalized spacial score (nSPS) is 10.8. The van der Waals surface area contributed by atoms with Gasteiger partial charge in [0.05, 0.1) is 11.4 Å². The Morgan fingerprint density at radius 3 is 2.79 bits per heavy atom. The van der Waals surface area contributed by atoms with E-state index < -0.39 is 0 Å². The Morgan fingerprint density at radius 2 is 2.07 bits per heavy atom. The summed E-state index contributed by atoms with van der Waals surface area (Å²) in [6, 6.07) is 9.32. The SMILES string of the molecule is C=CCn1cnnc1SCCC(=O)Nc1c(C)n(C)n(-c2ccccc2)c1=O. The van der Waals surface area contributed by atoms with Crippen LogP contribution in [0, 0.1) is 6.92 Å². The van der Waals surface area contributed by atoms with Gasteiger partial charge in [-0.15, -0.1) is 16.8 Å². The molecular formula is C19H22N6O2S. The van der Waals surface area contributed by atoms with E-state index in [4.69, 9.17) is 0 Å². The molecule has 0 aliphatic heterocycles. The number of carbonyl (C=O) groups excluding carboxylic acids is 1. The lowest BCUT2D eigenvalue weighted by atomic mass is 10.3. The van der Waals surface area contributed by atoms with E-state index in [0.717, 1.165) is 10.8 Å². The number of hydrogen-bond donors (Lipinski definition) is 1. The molecule has 0 radical (unpaired) electrons. The second-order valence-electron chi connectivity index (χ2n) is 6.14. The van der Waals surface area contributed by atoms with E-state index in [9.17, 15) is 9.59 Å². The maximum absolute atomic E-state index is 12.8. The smallest absolute Gasteiger partial charge is 0.295 e. The molecule has 3 aromatic rings. The largest absolute Gasteiger partial charge is 0.320 e. The number of nitrogens with zero attached hydrogens (tertiary/aromatic N) is 5. The topological polar surface area (TPSA) is 86.7 Å². The molecule has 1 amide bonds.